The van der Waals surface area contributed by atoms with Crippen molar-refractivity contribution in [3.8, 4) is 5.75 Å². The predicted molar refractivity (Wildman–Crippen MR) is 90.0 cm³/mol. The van der Waals surface area contributed by atoms with Crippen molar-refractivity contribution in [2.24, 2.45) is 0 Å². The third-order valence-corrected chi connectivity index (χ3v) is 4.35. The zero-order valence-corrected chi connectivity index (χ0v) is 12.9. The molecule has 0 unspecified atom stereocenters. The molecule has 116 valence electrons. The van der Waals surface area contributed by atoms with Gasteiger partial charge in [-0.15, -0.1) is 0 Å². The Balaban J connectivity index is 1.82. The molecule has 0 N–H and O–H groups in total. The highest BCUT2D eigenvalue weighted by Gasteiger charge is 2.21. The number of hydrogen-bond acceptors (Lipinski definition) is 3. The van der Waals surface area contributed by atoms with Crippen LogP contribution in [0.2, 0.25) is 0 Å². The van der Waals surface area contributed by atoms with Crippen LogP contribution >= 0.6 is 0 Å². The molecule has 0 radical (unpaired) electrons. The van der Waals surface area contributed by atoms with Crippen LogP contribution in [0.5, 0.6) is 5.75 Å². The quantitative estimate of drug-likeness (QED) is 0.747. The number of aryl methyl sites for hydroxylation is 2. The zero-order valence-electron chi connectivity index (χ0n) is 12.9. The van der Waals surface area contributed by atoms with Gasteiger partial charge in [-0.2, -0.15) is 0 Å². The standard InChI is InChI=1S/C19H18N2O2/c22-19-16-9-5-13-23-17(16)15-8-4-11-20-18(15)21(19)12-10-14-6-2-1-3-7-14/h1-4,6-8,11H,5,9-10,12-13H2. The minimum atomic E-state index is 0.0434. The molecule has 0 bridgehead atoms. The Kier molecular flexibility index (Phi) is 3.58. The third-order valence-electron chi connectivity index (χ3n) is 4.35. The molecule has 3 heterocycles. The Labute approximate surface area is 134 Å². The molecule has 0 amide bonds. The lowest BCUT2D eigenvalue weighted by Crippen LogP contribution is -2.29. The molecule has 23 heavy (non-hydrogen) atoms. The molecule has 0 fully saturated rings. The molecule has 1 aromatic carbocycles. The van der Waals surface area contributed by atoms with Crippen molar-refractivity contribution in [1.82, 2.24) is 9.55 Å². The second-order valence-corrected chi connectivity index (χ2v) is 5.83. The normalized spacial score (nSPS) is 13.6. The first-order valence-corrected chi connectivity index (χ1v) is 8.02. The number of pyridine rings is 2. The second-order valence-electron chi connectivity index (χ2n) is 5.83. The SMILES string of the molecule is O=c1c2c(c3cccnc3n1CCc1ccccc1)OCCC2. The maximum atomic E-state index is 12.9. The first kappa shape index (κ1) is 14.0. The highest BCUT2D eigenvalue weighted by atomic mass is 16.5. The minimum absolute atomic E-state index is 0.0434. The van der Waals surface area contributed by atoms with Crippen molar-refractivity contribution in [2.45, 2.75) is 25.8 Å². The maximum Gasteiger partial charge on any atom is 0.259 e. The van der Waals surface area contributed by atoms with E-state index in [1.807, 2.05) is 30.3 Å². The number of fused-ring (bicyclic) bond motifs is 3. The molecule has 0 saturated heterocycles. The Morgan fingerprint density at radius 2 is 2.00 bits per heavy atom. The molecule has 3 aromatic rings. The molecule has 1 aliphatic heterocycles. The first-order valence-electron chi connectivity index (χ1n) is 8.02. The van der Waals surface area contributed by atoms with Gasteiger partial charge in [-0.1, -0.05) is 30.3 Å². The first-order chi connectivity index (χ1) is 11.3. The van der Waals surface area contributed by atoms with E-state index >= 15 is 0 Å². The van der Waals surface area contributed by atoms with E-state index < -0.39 is 0 Å². The van der Waals surface area contributed by atoms with Crippen molar-refractivity contribution in [2.75, 3.05) is 6.61 Å². The van der Waals surface area contributed by atoms with Crippen molar-refractivity contribution in [1.29, 1.82) is 0 Å². The second kappa shape index (κ2) is 5.88. The van der Waals surface area contributed by atoms with Gasteiger partial charge in [-0.05, 0) is 37.0 Å². The lowest BCUT2D eigenvalue weighted by atomic mass is 10.1. The van der Waals surface area contributed by atoms with Gasteiger partial charge in [0.2, 0.25) is 0 Å². The topological polar surface area (TPSA) is 44.1 Å². The van der Waals surface area contributed by atoms with Gasteiger partial charge in [-0.25, -0.2) is 4.98 Å². The molecular weight excluding hydrogens is 288 g/mol. The average molecular weight is 306 g/mol. The number of hydrogen-bond donors (Lipinski definition) is 0. The van der Waals surface area contributed by atoms with Gasteiger partial charge < -0.3 is 4.74 Å². The van der Waals surface area contributed by atoms with E-state index in [9.17, 15) is 4.79 Å². The average Bonchev–Trinajstić information content (AvgIpc) is 2.63. The van der Waals surface area contributed by atoms with E-state index in [1.54, 1.807) is 10.8 Å². The van der Waals surface area contributed by atoms with Crippen molar-refractivity contribution >= 4 is 11.0 Å². The summed E-state index contributed by atoms with van der Waals surface area (Å²) in [6.45, 7) is 1.30. The number of rotatable bonds is 3. The van der Waals surface area contributed by atoms with Gasteiger partial charge in [0.15, 0.2) is 0 Å². The van der Waals surface area contributed by atoms with Crippen molar-refractivity contribution < 1.29 is 4.74 Å². The molecule has 4 nitrogen and oxygen atoms in total. The van der Waals surface area contributed by atoms with Gasteiger partial charge in [0.1, 0.15) is 11.4 Å². The Bertz CT molecular complexity index is 900. The lowest BCUT2D eigenvalue weighted by molar-refractivity contribution is 0.290. The van der Waals surface area contributed by atoms with Crippen LogP contribution in [0.15, 0.2) is 53.5 Å². The largest absolute Gasteiger partial charge is 0.492 e. The van der Waals surface area contributed by atoms with E-state index in [4.69, 9.17) is 4.74 Å². The fourth-order valence-corrected chi connectivity index (χ4v) is 3.21. The van der Waals surface area contributed by atoms with Crippen molar-refractivity contribution in [3.63, 3.8) is 0 Å². The number of nitrogens with zero attached hydrogens (tertiary/aromatic N) is 2. The van der Waals surface area contributed by atoms with Crippen LogP contribution in [0.4, 0.5) is 0 Å². The van der Waals surface area contributed by atoms with E-state index in [2.05, 4.69) is 17.1 Å². The predicted octanol–water partition coefficient (Wildman–Crippen LogP) is 2.96. The van der Waals surface area contributed by atoms with Crippen LogP contribution in [-0.4, -0.2) is 16.2 Å². The summed E-state index contributed by atoms with van der Waals surface area (Å²) < 4.78 is 7.58. The fraction of sp³-hybridized carbons (Fsp3) is 0.263. The van der Waals surface area contributed by atoms with E-state index in [0.717, 1.165) is 36.0 Å². The molecule has 2 aromatic heterocycles. The summed E-state index contributed by atoms with van der Waals surface area (Å²) in [5.74, 6) is 0.736. The summed E-state index contributed by atoms with van der Waals surface area (Å²) >= 11 is 0. The highest BCUT2D eigenvalue weighted by Crippen LogP contribution is 2.30. The molecule has 0 spiro atoms. The van der Waals surface area contributed by atoms with Crippen molar-refractivity contribution in [3.05, 3.63) is 70.1 Å². The van der Waals surface area contributed by atoms with E-state index in [-0.39, 0.29) is 5.56 Å². The molecule has 0 aliphatic carbocycles. The Morgan fingerprint density at radius 1 is 1.13 bits per heavy atom. The summed E-state index contributed by atoms with van der Waals surface area (Å²) in [6.07, 6.45) is 4.22. The number of benzene rings is 1. The van der Waals surface area contributed by atoms with Gasteiger partial charge in [-0.3, -0.25) is 9.36 Å². The molecule has 4 heteroatoms. The summed E-state index contributed by atoms with van der Waals surface area (Å²) in [6, 6.07) is 14.1. The molecule has 0 atom stereocenters. The number of aromatic nitrogens is 2. The summed E-state index contributed by atoms with van der Waals surface area (Å²) in [7, 11) is 0. The summed E-state index contributed by atoms with van der Waals surface area (Å²) in [5, 5.41) is 0.940. The summed E-state index contributed by atoms with van der Waals surface area (Å²) in [5.41, 5.74) is 2.78. The fourth-order valence-electron chi connectivity index (χ4n) is 3.21. The van der Waals surface area contributed by atoms with Crippen LogP contribution in [0.1, 0.15) is 17.5 Å². The maximum absolute atomic E-state index is 12.9. The van der Waals surface area contributed by atoms with Gasteiger partial charge >= 0.3 is 0 Å². The Hall–Kier alpha value is -2.62. The number of ether oxygens (including phenoxy) is 1. The van der Waals surface area contributed by atoms with Crippen LogP contribution in [-0.2, 0) is 19.4 Å². The monoisotopic (exact) mass is 306 g/mol. The van der Waals surface area contributed by atoms with E-state index in [1.165, 1.54) is 5.56 Å². The molecular formula is C19H18N2O2. The van der Waals surface area contributed by atoms with Crippen LogP contribution < -0.4 is 10.3 Å². The third kappa shape index (κ3) is 2.50. The molecule has 0 saturated carbocycles. The van der Waals surface area contributed by atoms with Crippen LogP contribution in [0.25, 0.3) is 11.0 Å². The van der Waals surface area contributed by atoms with Gasteiger partial charge in [0.25, 0.3) is 5.56 Å². The van der Waals surface area contributed by atoms with Gasteiger partial charge in [0.05, 0.1) is 17.6 Å². The Morgan fingerprint density at radius 3 is 2.87 bits per heavy atom. The van der Waals surface area contributed by atoms with Crippen LogP contribution in [0.3, 0.4) is 0 Å². The molecule has 1 aliphatic rings. The molecule has 4 rings (SSSR count). The van der Waals surface area contributed by atoms with E-state index in [0.29, 0.717) is 18.8 Å². The van der Waals surface area contributed by atoms with Crippen LogP contribution in [0, 0.1) is 0 Å². The lowest BCUT2D eigenvalue weighted by Gasteiger charge is -2.21. The minimum Gasteiger partial charge on any atom is -0.492 e. The summed E-state index contributed by atoms with van der Waals surface area (Å²) in [4.78, 5) is 17.3. The zero-order chi connectivity index (χ0) is 15.6. The van der Waals surface area contributed by atoms with Gasteiger partial charge in [0, 0.05) is 12.7 Å². The highest BCUT2D eigenvalue weighted by molar-refractivity contribution is 5.83. The smallest absolute Gasteiger partial charge is 0.259 e.